The van der Waals surface area contributed by atoms with Crippen LogP contribution in [0, 0.1) is 0 Å². The molecule has 0 heterocycles. The molecule has 1 rings (SSSR count). The molecule has 1 atom stereocenters. The first-order chi connectivity index (χ1) is 12.9. The molecule has 28 heavy (non-hydrogen) atoms. The van der Waals surface area contributed by atoms with Gasteiger partial charge in [-0.3, -0.25) is 0 Å². The second kappa shape index (κ2) is 11.0. The number of alkyl halides is 3. The van der Waals surface area contributed by atoms with Gasteiger partial charge in [0.1, 0.15) is 6.61 Å². The summed E-state index contributed by atoms with van der Waals surface area (Å²) in [5.41, 5.74) is -0.478. The highest BCUT2D eigenvalue weighted by molar-refractivity contribution is 6.67. The zero-order chi connectivity index (χ0) is 21.4. The van der Waals surface area contributed by atoms with E-state index in [1.807, 2.05) is 33.8 Å². The van der Waals surface area contributed by atoms with Crippen LogP contribution in [0.5, 0.6) is 0 Å². The van der Waals surface area contributed by atoms with Crippen LogP contribution in [-0.2, 0) is 19.0 Å². The van der Waals surface area contributed by atoms with E-state index < -0.39 is 27.1 Å². The van der Waals surface area contributed by atoms with Gasteiger partial charge in [0.25, 0.3) is 0 Å². The SMILES string of the molecule is CC(C)(CCO)OCCC(C)(C)OC(C(=O)OCC(Cl)(Cl)Cl)c1ccccc1. The molecule has 0 aliphatic heterocycles. The third kappa shape index (κ3) is 10.3. The summed E-state index contributed by atoms with van der Waals surface area (Å²) < 4.78 is 15.4. The Morgan fingerprint density at radius 2 is 1.64 bits per heavy atom. The fourth-order valence-corrected chi connectivity index (χ4v) is 2.56. The van der Waals surface area contributed by atoms with Crippen molar-refractivity contribution >= 4 is 40.8 Å². The number of ether oxygens (including phenoxy) is 3. The number of rotatable bonds is 11. The molecule has 0 aliphatic rings. The highest BCUT2D eigenvalue weighted by Crippen LogP contribution is 2.31. The van der Waals surface area contributed by atoms with Gasteiger partial charge >= 0.3 is 5.97 Å². The van der Waals surface area contributed by atoms with E-state index in [0.29, 0.717) is 25.0 Å². The van der Waals surface area contributed by atoms with Crippen LogP contribution >= 0.6 is 34.8 Å². The van der Waals surface area contributed by atoms with Gasteiger partial charge in [-0.1, -0.05) is 65.1 Å². The minimum Gasteiger partial charge on any atom is -0.459 e. The Labute approximate surface area is 182 Å². The van der Waals surface area contributed by atoms with Crippen molar-refractivity contribution in [1.29, 1.82) is 0 Å². The van der Waals surface area contributed by atoms with Gasteiger partial charge in [-0.15, -0.1) is 0 Å². The van der Waals surface area contributed by atoms with Gasteiger partial charge in [0.05, 0.1) is 17.8 Å². The van der Waals surface area contributed by atoms with Crippen molar-refractivity contribution in [3.63, 3.8) is 0 Å². The van der Waals surface area contributed by atoms with Gasteiger partial charge in [-0.25, -0.2) is 4.79 Å². The van der Waals surface area contributed by atoms with Crippen LogP contribution in [0.25, 0.3) is 0 Å². The molecule has 0 bridgehead atoms. The lowest BCUT2D eigenvalue weighted by Crippen LogP contribution is -2.35. The summed E-state index contributed by atoms with van der Waals surface area (Å²) in [6, 6.07) is 9.01. The van der Waals surface area contributed by atoms with E-state index in [9.17, 15) is 4.79 Å². The molecule has 0 radical (unpaired) electrons. The lowest BCUT2D eigenvalue weighted by Gasteiger charge is -2.32. The molecular formula is C20H29Cl3O5. The predicted octanol–water partition coefficient (Wildman–Crippen LogP) is 5.00. The molecule has 1 unspecified atom stereocenters. The first kappa shape index (κ1) is 25.5. The summed E-state index contributed by atoms with van der Waals surface area (Å²) in [6.45, 7) is 7.65. The number of aliphatic hydroxyl groups is 1. The van der Waals surface area contributed by atoms with Crippen LogP contribution in [0.3, 0.4) is 0 Å². The van der Waals surface area contributed by atoms with Crippen LogP contribution in [0.1, 0.15) is 52.2 Å². The lowest BCUT2D eigenvalue weighted by molar-refractivity contribution is -0.171. The Hall–Kier alpha value is -0.560. The van der Waals surface area contributed by atoms with Crippen molar-refractivity contribution in [2.45, 2.75) is 61.6 Å². The predicted molar refractivity (Wildman–Crippen MR) is 112 cm³/mol. The van der Waals surface area contributed by atoms with Gasteiger partial charge in [-0.05, 0) is 46.1 Å². The van der Waals surface area contributed by atoms with E-state index in [-0.39, 0.29) is 13.2 Å². The molecule has 0 fully saturated rings. The minimum absolute atomic E-state index is 0.0536. The molecule has 0 saturated heterocycles. The normalized spacial score (nSPS) is 14.0. The quantitative estimate of drug-likeness (QED) is 0.375. The van der Waals surface area contributed by atoms with Crippen LogP contribution < -0.4 is 0 Å². The number of hydrogen-bond donors (Lipinski definition) is 1. The van der Waals surface area contributed by atoms with Crippen LogP contribution in [0.4, 0.5) is 0 Å². The number of benzene rings is 1. The largest absolute Gasteiger partial charge is 0.459 e. The number of carbonyl (C=O) groups excluding carboxylic acids is 1. The summed E-state index contributed by atoms with van der Waals surface area (Å²) in [7, 11) is 0. The third-order valence-corrected chi connectivity index (χ3v) is 4.37. The summed E-state index contributed by atoms with van der Waals surface area (Å²) in [4.78, 5) is 12.6. The molecule has 5 nitrogen and oxygen atoms in total. The van der Waals surface area contributed by atoms with E-state index in [2.05, 4.69) is 0 Å². The van der Waals surface area contributed by atoms with Gasteiger partial charge < -0.3 is 19.3 Å². The Balaban J connectivity index is 2.80. The highest BCUT2D eigenvalue weighted by Gasteiger charge is 2.33. The highest BCUT2D eigenvalue weighted by atomic mass is 35.6. The molecule has 1 aromatic carbocycles. The summed E-state index contributed by atoms with van der Waals surface area (Å²) in [5, 5.41) is 9.09. The molecule has 0 saturated carbocycles. The van der Waals surface area contributed by atoms with E-state index in [4.69, 9.17) is 54.1 Å². The van der Waals surface area contributed by atoms with E-state index in [0.717, 1.165) is 0 Å². The van der Waals surface area contributed by atoms with Crippen molar-refractivity contribution in [1.82, 2.24) is 0 Å². The number of carbonyl (C=O) groups is 1. The Bertz CT molecular complexity index is 600. The Morgan fingerprint density at radius 1 is 1.04 bits per heavy atom. The van der Waals surface area contributed by atoms with Crippen molar-refractivity contribution in [2.24, 2.45) is 0 Å². The molecule has 1 aromatic rings. The molecule has 0 aromatic heterocycles. The maximum Gasteiger partial charge on any atom is 0.340 e. The average Bonchev–Trinajstić information content (AvgIpc) is 2.57. The zero-order valence-electron chi connectivity index (χ0n) is 16.7. The van der Waals surface area contributed by atoms with E-state index in [1.165, 1.54) is 0 Å². The fourth-order valence-electron chi connectivity index (χ4n) is 2.40. The summed E-state index contributed by atoms with van der Waals surface area (Å²) >= 11 is 17.0. The van der Waals surface area contributed by atoms with Crippen molar-refractivity contribution in [3.8, 4) is 0 Å². The molecule has 0 spiro atoms. The summed E-state index contributed by atoms with van der Waals surface area (Å²) in [5.74, 6) is -0.632. The second-order valence-electron chi connectivity index (χ2n) is 7.72. The van der Waals surface area contributed by atoms with Crippen molar-refractivity contribution in [3.05, 3.63) is 35.9 Å². The fraction of sp³-hybridized carbons (Fsp3) is 0.650. The van der Waals surface area contributed by atoms with Gasteiger partial charge in [-0.2, -0.15) is 0 Å². The van der Waals surface area contributed by atoms with Crippen LogP contribution in [0.15, 0.2) is 30.3 Å². The molecule has 1 N–H and O–H groups in total. The van der Waals surface area contributed by atoms with E-state index in [1.54, 1.807) is 24.3 Å². The van der Waals surface area contributed by atoms with Crippen LogP contribution in [0.2, 0.25) is 0 Å². The van der Waals surface area contributed by atoms with Gasteiger partial charge in [0.15, 0.2) is 6.10 Å². The standard InChI is InChI=1S/C20H29Cl3O5/c1-18(2,10-12-24)27-13-11-19(3,4)28-16(15-8-6-5-7-9-15)17(25)26-14-20(21,22)23/h5-9,16,24H,10-14H2,1-4H3. The molecule has 8 heteroatoms. The number of halogens is 3. The first-order valence-electron chi connectivity index (χ1n) is 9.06. The number of aliphatic hydroxyl groups excluding tert-OH is 1. The Kier molecular flexibility index (Phi) is 10.0. The minimum atomic E-state index is -1.70. The topological polar surface area (TPSA) is 65.0 Å². The maximum atomic E-state index is 12.6. The molecular weight excluding hydrogens is 427 g/mol. The molecule has 0 amide bonds. The first-order valence-corrected chi connectivity index (χ1v) is 10.2. The number of esters is 1. The Morgan fingerprint density at radius 3 is 2.18 bits per heavy atom. The van der Waals surface area contributed by atoms with Gasteiger partial charge in [0.2, 0.25) is 3.79 Å². The number of hydrogen-bond acceptors (Lipinski definition) is 5. The van der Waals surface area contributed by atoms with Crippen LogP contribution in [-0.4, -0.2) is 45.9 Å². The smallest absolute Gasteiger partial charge is 0.340 e. The zero-order valence-corrected chi connectivity index (χ0v) is 19.0. The van der Waals surface area contributed by atoms with Crippen molar-refractivity contribution in [2.75, 3.05) is 19.8 Å². The average molecular weight is 456 g/mol. The third-order valence-electron chi connectivity index (χ3n) is 4.04. The van der Waals surface area contributed by atoms with E-state index >= 15 is 0 Å². The summed E-state index contributed by atoms with van der Waals surface area (Å²) in [6.07, 6.45) is 0.0988. The monoisotopic (exact) mass is 454 g/mol. The van der Waals surface area contributed by atoms with Gasteiger partial charge in [0, 0.05) is 6.61 Å². The maximum absolute atomic E-state index is 12.6. The molecule has 0 aliphatic carbocycles. The lowest BCUT2D eigenvalue weighted by atomic mass is 10.0. The second-order valence-corrected chi connectivity index (χ2v) is 10.2. The van der Waals surface area contributed by atoms with Crippen molar-refractivity contribution < 1.29 is 24.1 Å². The molecule has 160 valence electrons.